The maximum absolute atomic E-state index is 12.3. The van der Waals surface area contributed by atoms with Gasteiger partial charge in [0.1, 0.15) is 5.82 Å². The molecule has 2 rings (SSSR count). The van der Waals surface area contributed by atoms with Crippen LogP contribution in [0.4, 0.5) is 10.9 Å². The van der Waals surface area contributed by atoms with E-state index in [0.717, 1.165) is 5.69 Å². The molecule has 0 fully saturated rings. The number of nitrogens with zero attached hydrogens (tertiary/aromatic N) is 2. The van der Waals surface area contributed by atoms with E-state index in [0.29, 0.717) is 22.2 Å². The molecule has 0 aliphatic heterocycles. The average molecular weight is 305 g/mol. The first-order valence-corrected chi connectivity index (χ1v) is 7.40. The van der Waals surface area contributed by atoms with Crippen LogP contribution in [0.3, 0.4) is 0 Å². The highest BCUT2D eigenvalue weighted by atomic mass is 32.1. The highest BCUT2D eigenvalue weighted by Crippen LogP contribution is 2.26. The Kier molecular flexibility index (Phi) is 4.24. The first kappa shape index (κ1) is 15.4. The summed E-state index contributed by atoms with van der Waals surface area (Å²) in [4.78, 5) is 20.8. The van der Waals surface area contributed by atoms with E-state index in [1.165, 1.54) is 11.3 Å². The highest BCUT2D eigenvalue weighted by Gasteiger charge is 2.18. The number of carbonyl (C=O) groups excluding carboxylic acids is 1. The second-order valence-corrected chi connectivity index (χ2v) is 6.63. The van der Waals surface area contributed by atoms with Gasteiger partial charge < -0.3 is 5.43 Å². The largest absolute Gasteiger partial charge is 0.308 e. The van der Waals surface area contributed by atoms with Crippen LogP contribution in [0.2, 0.25) is 0 Å². The van der Waals surface area contributed by atoms with Crippen LogP contribution >= 0.6 is 11.3 Å². The minimum atomic E-state index is -0.230. The molecule has 2 heterocycles. The third-order valence-corrected chi connectivity index (χ3v) is 3.61. The van der Waals surface area contributed by atoms with Gasteiger partial charge in [0.05, 0.1) is 5.69 Å². The van der Waals surface area contributed by atoms with E-state index in [4.69, 9.17) is 5.84 Å². The molecule has 112 valence electrons. The van der Waals surface area contributed by atoms with E-state index in [9.17, 15) is 4.79 Å². The van der Waals surface area contributed by atoms with Crippen LogP contribution < -0.4 is 16.6 Å². The van der Waals surface area contributed by atoms with E-state index in [-0.39, 0.29) is 11.3 Å². The Labute approximate surface area is 127 Å². The zero-order chi connectivity index (χ0) is 15.6. The number of pyridine rings is 1. The van der Waals surface area contributed by atoms with Gasteiger partial charge >= 0.3 is 0 Å². The number of rotatable bonds is 3. The lowest BCUT2D eigenvalue weighted by Gasteiger charge is -2.14. The van der Waals surface area contributed by atoms with Crippen LogP contribution in [-0.2, 0) is 5.41 Å². The van der Waals surface area contributed by atoms with E-state index in [1.807, 2.05) is 5.38 Å². The molecular formula is C14H19N5OS. The van der Waals surface area contributed by atoms with Crippen molar-refractivity contribution in [2.24, 2.45) is 5.84 Å². The van der Waals surface area contributed by atoms with Crippen LogP contribution in [-0.4, -0.2) is 15.9 Å². The standard InChI is InChI=1S/C14H19N5OS/c1-8-5-9(6-11(16-8)19-15)12(20)18-13-17-10(7-21-13)14(2,3)4/h5-7H,15H2,1-4H3,(H,16,19)(H,17,18,20). The number of hydrogen-bond donors (Lipinski definition) is 3. The molecule has 0 unspecified atom stereocenters. The van der Waals surface area contributed by atoms with E-state index < -0.39 is 0 Å². The Hall–Kier alpha value is -1.99. The molecule has 0 aliphatic carbocycles. The lowest BCUT2D eigenvalue weighted by atomic mass is 9.93. The maximum Gasteiger partial charge on any atom is 0.257 e. The first-order valence-electron chi connectivity index (χ1n) is 6.52. The summed E-state index contributed by atoms with van der Waals surface area (Å²) in [5.74, 6) is 5.56. The number of anilines is 2. The van der Waals surface area contributed by atoms with Crippen molar-refractivity contribution in [3.63, 3.8) is 0 Å². The summed E-state index contributed by atoms with van der Waals surface area (Å²) >= 11 is 1.41. The van der Waals surface area contributed by atoms with Gasteiger partial charge in [0.25, 0.3) is 5.91 Å². The van der Waals surface area contributed by atoms with Crippen LogP contribution in [0.1, 0.15) is 42.5 Å². The van der Waals surface area contributed by atoms with Crippen molar-refractivity contribution in [3.05, 3.63) is 34.5 Å². The molecule has 6 nitrogen and oxygen atoms in total. The minimum absolute atomic E-state index is 0.0383. The van der Waals surface area contributed by atoms with Gasteiger partial charge in [-0.3, -0.25) is 10.1 Å². The summed E-state index contributed by atoms with van der Waals surface area (Å²) < 4.78 is 0. The van der Waals surface area contributed by atoms with Crippen LogP contribution in [0.15, 0.2) is 17.5 Å². The lowest BCUT2D eigenvalue weighted by molar-refractivity contribution is 0.102. The smallest absolute Gasteiger partial charge is 0.257 e. The van der Waals surface area contributed by atoms with Crippen molar-refractivity contribution in [2.75, 3.05) is 10.7 Å². The Bertz CT molecular complexity index is 660. The molecule has 7 heteroatoms. The minimum Gasteiger partial charge on any atom is -0.308 e. The number of nitrogens with two attached hydrogens (primary N) is 1. The van der Waals surface area contributed by atoms with Gasteiger partial charge in [-0.25, -0.2) is 15.8 Å². The molecule has 0 aliphatic rings. The number of nitrogens with one attached hydrogen (secondary N) is 2. The molecular weight excluding hydrogens is 286 g/mol. The molecule has 4 N–H and O–H groups in total. The Morgan fingerprint density at radius 2 is 2.00 bits per heavy atom. The molecule has 0 aromatic carbocycles. The number of hydrazine groups is 1. The molecule has 2 aromatic heterocycles. The van der Waals surface area contributed by atoms with Gasteiger partial charge in [-0.1, -0.05) is 20.8 Å². The van der Waals surface area contributed by atoms with E-state index in [1.54, 1.807) is 19.1 Å². The summed E-state index contributed by atoms with van der Waals surface area (Å²) in [6.45, 7) is 8.05. The molecule has 0 saturated heterocycles. The number of aryl methyl sites for hydroxylation is 1. The Morgan fingerprint density at radius 3 is 2.57 bits per heavy atom. The topological polar surface area (TPSA) is 92.9 Å². The number of amides is 1. The number of hydrogen-bond acceptors (Lipinski definition) is 6. The Morgan fingerprint density at radius 1 is 1.29 bits per heavy atom. The van der Waals surface area contributed by atoms with Crippen LogP contribution in [0.5, 0.6) is 0 Å². The quantitative estimate of drug-likeness (QED) is 0.599. The van der Waals surface area contributed by atoms with Crippen LogP contribution in [0, 0.1) is 6.92 Å². The SMILES string of the molecule is Cc1cc(C(=O)Nc2nc(C(C)(C)C)cs2)cc(NN)n1. The fraction of sp³-hybridized carbons (Fsp3) is 0.357. The number of carbonyl (C=O) groups is 1. The van der Waals surface area contributed by atoms with E-state index >= 15 is 0 Å². The molecule has 0 spiro atoms. The molecule has 0 radical (unpaired) electrons. The van der Waals surface area contributed by atoms with Gasteiger partial charge in [-0.2, -0.15) is 0 Å². The Balaban J connectivity index is 2.18. The molecule has 2 aromatic rings. The van der Waals surface area contributed by atoms with Gasteiger partial charge in [0, 0.05) is 22.1 Å². The monoisotopic (exact) mass is 305 g/mol. The number of nitrogen functional groups attached to an aromatic ring is 1. The van der Waals surface area contributed by atoms with Crippen molar-refractivity contribution in [2.45, 2.75) is 33.1 Å². The lowest BCUT2D eigenvalue weighted by Crippen LogP contribution is -2.16. The van der Waals surface area contributed by atoms with Crippen LogP contribution in [0.25, 0.3) is 0 Å². The number of aromatic nitrogens is 2. The average Bonchev–Trinajstić information content (AvgIpc) is 2.86. The molecule has 0 saturated carbocycles. The zero-order valence-corrected chi connectivity index (χ0v) is 13.3. The third kappa shape index (κ3) is 3.77. The summed E-state index contributed by atoms with van der Waals surface area (Å²) in [5.41, 5.74) is 4.57. The van der Waals surface area contributed by atoms with Crippen molar-refractivity contribution >= 4 is 28.2 Å². The van der Waals surface area contributed by atoms with Crippen molar-refractivity contribution < 1.29 is 4.79 Å². The van der Waals surface area contributed by atoms with Crippen molar-refractivity contribution in [1.82, 2.24) is 9.97 Å². The normalized spacial score (nSPS) is 11.3. The first-order chi connectivity index (χ1) is 9.79. The fourth-order valence-electron chi connectivity index (χ4n) is 1.72. The van der Waals surface area contributed by atoms with Crippen molar-refractivity contribution in [1.29, 1.82) is 0 Å². The van der Waals surface area contributed by atoms with Gasteiger partial charge in [0.2, 0.25) is 0 Å². The highest BCUT2D eigenvalue weighted by molar-refractivity contribution is 7.14. The maximum atomic E-state index is 12.3. The zero-order valence-electron chi connectivity index (χ0n) is 12.5. The summed E-state index contributed by atoms with van der Waals surface area (Å²) in [5, 5.41) is 5.34. The third-order valence-electron chi connectivity index (χ3n) is 2.86. The predicted octanol–water partition coefficient (Wildman–Crippen LogP) is 2.68. The van der Waals surface area contributed by atoms with Gasteiger partial charge in [0.15, 0.2) is 5.13 Å². The fourth-order valence-corrected chi connectivity index (χ4v) is 2.65. The molecule has 0 atom stereocenters. The number of thiazole rings is 1. The second-order valence-electron chi connectivity index (χ2n) is 5.77. The molecule has 21 heavy (non-hydrogen) atoms. The van der Waals surface area contributed by atoms with E-state index in [2.05, 4.69) is 41.5 Å². The predicted molar refractivity (Wildman–Crippen MR) is 85.6 cm³/mol. The summed E-state index contributed by atoms with van der Waals surface area (Å²) in [6, 6.07) is 3.30. The van der Waals surface area contributed by atoms with Gasteiger partial charge in [-0.15, -0.1) is 11.3 Å². The summed E-state index contributed by atoms with van der Waals surface area (Å²) in [6.07, 6.45) is 0. The van der Waals surface area contributed by atoms with Crippen molar-refractivity contribution in [3.8, 4) is 0 Å². The second kappa shape index (κ2) is 5.79. The molecule has 0 bridgehead atoms. The van der Waals surface area contributed by atoms with Gasteiger partial charge in [-0.05, 0) is 19.1 Å². The molecule has 1 amide bonds. The summed E-state index contributed by atoms with van der Waals surface area (Å²) in [7, 11) is 0.